The maximum Gasteiger partial charge on any atom is 0.0406 e. The minimum atomic E-state index is 0. The molecule has 0 radical (unpaired) electrons. The molecule has 1 nitrogen and oxygen atoms in total. The van der Waals surface area contributed by atoms with E-state index >= 15 is 0 Å². The molecule has 17 heavy (non-hydrogen) atoms. The van der Waals surface area contributed by atoms with Gasteiger partial charge >= 0.3 is 0 Å². The number of nitrogen functional groups attached to an aromatic ring is 1. The van der Waals surface area contributed by atoms with Crippen LogP contribution >= 0.6 is 35.8 Å². The van der Waals surface area contributed by atoms with Crippen LogP contribution in [-0.4, -0.2) is 0 Å². The second-order valence-corrected chi connectivity index (χ2v) is 4.97. The van der Waals surface area contributed by atoms with Crippen LogP contribution in [0.5, 0.6) is 0 Å². The lowest BCUT2D eigenvalue weighted by molar-refractivity contribution is 1.38. The molecule has 2 rings (SSSR count). The summed E-state index contributed by atoms with van der Waals surface area (Å²) >= 11 is 7.60. The minimum Gasteiger partial charge on any atom is -0.399 e. The van der Waals surface area contributed by atoms with Crippen LogP contribution in [0, 0.1) is 0 Å². The van der Waals surface area contributed by atoms with Gasteiger partial charge in [-0.15, -0.1) is 24.2 Å². The Morgan fingerprint density at radius 3 is 2.41 bits per heavy atom. The third-order valence-corrected chi connectivity index (χ3v) is 3.49. The van der Waals surface area contributed by atoms with Gasteiger partial charge in [0.05, 0.1) is 0 Å². The molecule has 2 aromatic carbocycles. The number of nitrogens with two attached hydrogens (primary N) is 1. The van der Waals surface area contributed by atoms with Crippen molar-refractivity contribution in [1.29, 1.82) is 0 Å². The predicted octanol–water partition coefficient (Wildman–Crippen LogP) is 4.64. The van der Waals surface area contributed by atoms with E-state index in [4.69, 9.17) is 17.3 Å². The molecule has 0 aromatic heterocycles. The van der Waals surface area contributed by atoms with E-state index in [0.29, 0.717) is 0 Å². The first-order chi connectivity index (χ1) is 7.74. The van der Waals surface area contributed by atoms with Crippen LogP contribution in [0.2, 0.25) is 5.02 Å². The average Bonchev–Trinajstić information content (AvgIpc) is 2.28. The summed E-state index contributed by atoms with van der Waals surface area (Å²) in [6.45, 7) is 0. The van der Waals surface area contributed by atoms with Crippen LogP contribution in [0.4, 0.5) is 5.69 Å². The van der Waals surface area contributed by atoms with Crippen molar-refractivity contribution in [3.05, 3.63) is 59.1 Å². The van der Waals surface area contributed by atoms with E-state index in [9.17, 15) is 0 Å². The number of hydrogen-bond donors (Lipinski definition) is 1. The van der Waals surface area contributed by atoms with Crippen molar-refractivity contribution in [1.82, 2.24) is 0 Å². The van der Waals surface area contributed by atoms with Crippen molar-refractivity contribution < 1.29 is 0 Å². The summed E-state index contributed by atoms with van der Waals surface area (Å²) in [4.78, 5) is 1.19. The zero-order valence-corrected chi connectivity index (χ0v) is 11.5. The van der Waals surface area contributed by atoms with Gasteiger partial charge in [0.2, 0.25) is 0 Å². The van der Waals surface area contributed by atoms with Crippen molar-refractivity contribution in [3.8, 4) is 0 Å². The molecule has 0 aliphatic rings. The summed E-state index contributed by atoms with van der Waals surface area (Å²) < 4.78 is 0. The molecule has 0 aliphatic carbocycles. The Kier molecular flexibility index (Phi) is 5.69. The molecule has 4 heteroatoms. The lowest BCUT2D eigenvalue weighted by atomic mass is 10.2. The van der Waals surface area contributed by atoms with Gasteiger partial charge in [0.15, 0.2) is 0 Å². The van der Waals surface area contributed by atoms with Crippen molar-refractivity contribution in [3.63, 3.8) is 0 Å². The van der Waals surface area contributed by atoms with Crippen LogP contribution in [0.25, 0.3) is 0 Å². The van der Waals surface area contributed by atoms with Crippen molar-refractivity contribution in [2.75, 3.05) is 5.73 Å². The Bertz CT molecular complexity index is 471. The summed E-state index contributed by atoms with van der Waals surface area (Å²) in [5.74, 6) is 0.931. The molecule has 0 amide bonds. The third kappa shape index (κ3) is 4.50. The van der Waals surface area contributed by atoms with E-state index in [1.54, 1.807) is 11.8 Å². The Balaban J connectivity index is 0.00000144. The molecule has 0 spiro atoms. The number of halogens is 2. The lowest BCUT2D eigenvalue weighted by Crippen LogP contribution is -1.84. The second-order valence-electron chi connectivity index (χ2n) is 3.49. The summed E-state index contributed by atoms with van der Waals surface area (Å²) in [7, 11) is 0. The predicted molar refractivity (Wildman–Crippen MR) is 79.1 cm³/mol. The van der Waals surface area contributed by atoms with Gasteiger partial charge in [-0.3, -0.25) is 0 Å². The fourth-order valence-corrected chi connectivity index (χ4v) is 2.40. The Morgan fingerprint density at radius 1 is 1.06 bits per heavy atom. The standard InChI is InChI=1S/C13H12ClNS.ClH/c14-11-6-4-10(5-7-11)9-16-13-3-1-2-12(15)8-13;/h1-8H,9,15H2;1H. The zero-order valence-electron chi connectivity index (χ0n) is 9.10. The molecular formula is C13H13Cl2NS. The molecule has 0 unspecified atom stereocenters. The minimum absolute atomic E-state index is 0. The molecule has 0 saturated carbocycles. The summed E-state index contributed by atoms with van der Waals surface area (Å²) in [6, 6.07) is 15.8. The van der Waals surface area contributed by atoms with Gasteiger partial charge < -0.3 is 5.73 Å². The van der Waals surface area contributed by atoms with Gasteiger partial charge in [0, 0.05) is 21.4 Å². The van der Waals surface area contributed by atoms with Crippen LogP contribution in [0.15, 0.2) is 53.4 Å². The molecule has 90 valence electrons. The van der Waals surface area contributed by atoms with Gasteiger partial charge in [-0.05, 0) is 35.9 Å². The molecule has 2 N–H and O–H groups in total. The van der Waals surface area contributed by atoms with E-state index in [0.717, 1.165) is 16.5 Å². The first-order valence-corrected chi connectivity index (χ1v) is 6.33. The third-order valence-electron chi connectivity index (χ3n) is 2.18. The van der Waals surface area contributed by atoms with E-state index in [1.807, 2.05) is 42.5 Å². The molecular weight excluding hydrogens is 273 g/mol. The van der Waals surface area contributed by atoms with E-state index in [1.165, 1.54) is 10.5 Å². The fraction of sp³-hybridized carbons (Fsp3) is 0.0769. The molecule has 0 aliphatic heterocycles. The van der Waals surface area contributed by atoms with Crippen LogP contribution in [-0.2, 0) is 5.75 Å². The fourth-order valence-electron chi connectivity index (χ4n) is 1.35. The van der Waals surface area contributed by atoms with Crippen LogP contribution < -0.4 is 5.73 Å². The highest BCUT2D eigenvalue weighted by atomic mass is 35.5. The average molecular weight is 286 g/mol. The Labute approximate surface area is 117 Å². The normalized spacial score (nSPS) is 9.71. The largest absolute Gasteiger partial charge is 0.399 e. The Morgan fingerprint density at radius 2 is 1.76 bits per heavy atom. The number of benzene rings is 2. The summed E-state index contributed by atoms with van der Waals surface area (Å²) in [5.41, 5.74) is 7.78. The quantitative estimate of drug-likeness (QED) is 0.657. The van der Waals surface area contributed by atoms with Crippen molar-refractivity contribution in [2.24, 2.45) is 0 Å². The molecule has 0 atom stereocenters. The van der Waals surface area contributed by atoms with E-state index in [-0.39, 0.29) is 12.4 Å². The van der Waals surface area contributed by atoms with Gasteiger partial charge in [-0.2, -0.15) is 0 Å². The zero-order chi connectivity index (χ0) is 11.4. The second kappa shape index (κ2) is 6.80. The highest BCUT2D eigenvalue weighted by molar-refractivity contribution is 7.98. The number of anilines is 1. The summed E-state index contributed by atoms with van der Waals surface area (Å²) in [6.07, 6.45) is 0. The van der Waals surface area contributed by atoms with Gasteiger partial charge in [0.25, 0.3) is 0 Å². The van der Waals surface area contributed by atoms with E-state index in [2.05, 4.69) is 6.07 Å². The molecule has 0 fully saturated rings. The first-order valence-electron chi connectivity index (χ1n) is 4.97. The van der Waals surface area contributed by atoms with Crippen LogP contribution in [0.3, 0.4) is 0 Å². The number of hydrogen-bond acceptors (Lipinski definition) is 2. The van der Waals surface area contributed by atoms with Crippen molar-refractivity contribution >= 4 is 41.5 Å². The van der Waals surface area contributed by atoms with Gasteiger partial charge in [-0.1, -0.05) is 29.8 Å². The molecule has 2 aromatic rings. The van der Waals surface area contributed by atoms with Crippen molar-refractivity contribution in [2.45, 2.75) is 10.6 Å². The summed E-state index contributed by atoms with van der Waals surface area (Å²) in [5, 5.41) is 0.776. The SMILES string of the molecule is Cl.Nc1cccc(SCc2ccc(Cl)cc2)c1. The molecule has 0 bridgehead atoms. The maximum absolute atomic E-state index is 5.83. The smallest absolute Gasteiger partial charge is 0.0406 e. The highest BCUT2D eigenvalue weighted by Crippen LogP contribution is 2.24. The van der Waals surface area contributed by atoms with Crippen LogP contribution in [0.1, 0.15) is 5.56 Å². The molecule has 0 heterocycles. The molecule has 0 saturated heterocycles. The number of thioether (sulfide) groups is 1. The highest BCUT2D eigenvalue weighted by Gasteiger charge is 1.97. The monoisotopic (exact) mass is 285 g/mol. The Hall–Kier alpha value is -0.830. The van der Waals surface area contributed by atoms with Gasteiger partial charge in [-0.25, -0.2) is 0 Å². The first kappa shape index (κ1) is 14.2. The van der Waals surface area contributed by atoms with Gasteiger partial charge in [0.1, 0.15) is 0 Å². The topological polar surface area (TPSA) is 26.0 Å². The number of rotatable bonds is 3. The maximum atomic E-state index is 5.83. The lowest BCUT2D eigenvalue weighted by Gasteiger charge is -2.03. The van der Waals surface area contributed by atoms with E-state index < -0.39 is 0 Å².